The molecule has 0 N–H and O–H groups in total. The van der Waals surface area contributed by atoms with Crippen LogP contribution in [0.3, 0.4) is 0 Å². The van der Waals surface area contributed by atoms with Gasteiger partial charge in [-0.1, -0.05) is 81.3 Å². The van der Waals surface area contributed by atoms with Crippen LogP contribution in [-0.2, 0) is 7.05 Å². The van der Waals surface area contributed by atoms with Gasteiger partial charge in [0.15, 0.2) is 6.20 Å². The Morgan fingerprint density at radius 3 is 2.22 bits per heavy atom. The first-order valence-electron chi connectivity index (χ1n) is 15.6. The summed E-state index contributed by atoms with van der Waals surface area (Å²) in [6.45, 7) is 2.14. The highest BCUT2D eigenvalue weighted by atomic mass is 16.3. The highest BCUT2D eigenvalue weighted by molar-refractivity contribution is 6.14. The van der Waals surface area contributed by atoms with Crippen LogP contribution in [0.15, 0.2) is 77.3 Å². The second kappa shape index (κ2) is 10.8. The predicted molar refractivity (Wildman–Crippen MR) is 166 cm³/mol. The number of pyridine rings is 1. The maximum absolute atomic E-state index is 10.2. The molecule has 41 heavy (non-hydrogen) atoms. The fourth-order valence-corrected chi connectivity index (χ4v) is 8.08. The number of benzene rings is 3. The van der Waals surface area contributed by atoms with E-state index in [1.807, 2.05) is 12.1 Å². The van der Waals surface area contributed by atoms with Crippen molar-refractivity contribution in [1.29, 1.82) is 5.26 Å². The number of nitrogens with zero attached hydrogens (tertiary/aromatic N) is 2. The van der Waals surface area contributed by atoms with Gasteiger partial charge in [-0.2, -0.15) is 5.26 Å². The summed E-state index contributed by atoms with van der Waals surface area (Å²) in [7, 11) is 2.07. The quantitative estimate of drug-likeness (QED) is 0.213. The van der Waals surface area contributed by atoms with E-state index in [9.17, 15) is 5.26 Å². The molecular weight excluding hydrogens is 500 g/mol. The minimum Gasteiger partial charge on any atom is -0.454 e. The Bertz CT molecular complexity index is 1760. The van der Waals surface area contributed by atoms with Gasteiger partial charge >= 0.3 is 0 Å². The molecule has 7 rings (SSSR count). The molecular formula is C38H39N2O+. The number of fused-ring (bicyclic) bond motifs is 3. The molecule has 3 aromatic carbocycles. The van der Waals surface area contributed by atoms with E-state index in [1.165, 1.54) is 68.9 Å². The Morgan fingerprint density at radius 1 is 0.756 bits per heavy atom. The van der Waals surface area contributed by atoms with E-state index in [4.69, 9.17) is 4.42 Å². The van der Waals surface area contributed by atoms with Crippen LogP contribution < -0.4 is 4.57 Å². The molecule has 0 amide bonds. The third-order valence-electron chi connectivity index (χ3n) is 10.2. The van der Waals surface area contributed by atoms with Gasteiger partial charge < -0.3 is 4.42 Å². The van der Waals surface area contributed by atoms with E-state index in [-0.39, 0.29) is 0 Å². The first-order chi connectivity index (χ1) is 20.1. The molecule has 2 fully saturated rings. The highest BCUT2D eigenvalue weighted by Gasteiger charge is 2.33. The molecule has 5 aromatic rings. The van der Waals surface area contributed by atoms with Crippen LogP contribution in [-0.4, -0.2) is 0 Å². The molecule has 2 atom stereocenters. The molecule has 3 nitrogen and oxygen atoms in total. The number of aryl methyl sites for hydroxylation is 2. The molecule has 0 saturated heterocycles. The van der Waals surface area contributed by atoms with Gasteiger partial charge in [0, 0.05) is 28.5 Å². The zero-order valence-electron chi connectivity index (χ0n) is 24.3. The molecule has 3 heteroatoms. The van der Waals surface area contributed by atoms with E-state index in [0.717, 1.165) is 56.2 Å². The number of hydrogen-bond acceptors (Lipinski definition) is 2. The van der Waals surface area contributed by atoms with Crippen LogP contribution in [0.4, 0.5) is 0 Å². The maximum atomic E-state index is 10.2. The summed E-state index contributed by atoms with van der Waals surface area (Å²) >= 11 is 0. The molecule has 0 spiro atoms. The van der Waals surface area contributed by atoms with Crippen LogP contribution in [0, 0.1) is 30.1 Å². The monoisotopic (exact) mass is 539 g/mol. The molecule has 2 saturated carbocycles. The molecule has 0 aliphatic heterocycles. The summed E-state index contributed by atoms with van der Waals surface area (Å²) in [4.78, 5) is 0. The van der Waals surface area contributed by atoms with Crippen molar-refractivity contribution in [2.75, 3.05) is 0 Å². The van der Waals surface area contributed by atoms with Crippen LogP contribution in [0.2, 0.25) is 0 Å². The van der Waals surface area contributed by atoms with Crippen molar-refractivity contribution in [2.45, 2.75) is 70.6 Å². The second-order valence-corrected chi connectivity index (χ2v) is 12.5. The van der Waals surface area contributed by atoms with E-state index < -0.39 is 0 Å². The summed E-state index contributed by atoms with van der Waals surface area (Å²) in [5.41, 5.74) is 9.17. The molecule has 206 valence electrons. The number of nitriles is 1. The fourth-order valence-electron chi connectivity index (χ4n) is 8.08. The highest BCUT2D eigenvalue weighted by Crippen LogP contribution is 2.47. The Balaban J connectivity index is 1.34. The first-order valence-corrected chi connectivity index (χ1v) is 15.6. The number of rotatable bonds is 4. The van der Waals surface area contributed by atoms with Crippen molar-refractivity contribution in [3.63, 3.8) is 0 Å². The lowest BCUT2D eigenvalue weighted by Gasteiger charge is -2.39. The fraction of sp³-hybridized carbons (Fsp3) is 0.368. The first kappa shape index (κ1) is 26.0. The zero-order valence-corrected chi connectivity index (χ0v) is 24.3. The topological polar surface area (TPSA) is 40.8 Å². The van der Waals surface area contributed by atoms with Gasteiger partial charge in [0.2, 0.25) is 5.69 Å². The number of aromatic nitrogens is 1. The Kier molecular flexibility index (Phi) is 6.87. The second-order valence-electron chi connectivity index (χ2n) is 12.5. The standard InChI is InChI=1S/C38H39N2O/c1-25-15-21-32-33-22-20-29(24-39)36(38(33)41-37(32)35(25)34-14-8-9-23-40(34)2)28-18-16-27(17-19-28)31-13-7-6-12-30(31)26-10-4-3-5-11-26/h8-9,14-23,26,30-31H,3-7,10-13H2,1-2H3/q+1. The summed E-state index contributed by atoms with van der Waals surface area (Å²) in [5, 5.41) is 12.3. The summed E-state index contributed by atoms with van der Waals surface area (Å²) in [6, 6.07) is 26.3. The van der Waals surface area contributed by atoms with Gasteiger partial charge in [0.1, 0.15) is 18.2 Å². The van der Waals surface area contributed by atoms with E-state index in [0.29, 0.717) is 11.5 Å². The smallest absolute Gasteiger partial charge is 0.216 e. The van der Waals surface area contributed by atoms with Crippen molar-refractivity contribution in [3.05, 3.63) is 89.6 Å². The van der Waals surface area contributed by atoms with Crippen molar-refractivity contribution in [3.8, 4) is 28.5 Å². The van der Waals surface area contributed by atoms with Gasteiger partial charge in [-0.3, -0.25) is 0 Å². The Hall–Kier alpha value is -3.90. The molecule has 2 heterocycles. The molecule has 0 bridgehead atoms. The van der Waals surface area contributed by atoms with Crippen molar-refractivity contribution in [1.82, 2.24) is 0 Å². The SMILES string of the molecule is Cc1ccc2c(oc3c(-c4ccc(C5CCCCC5C5CCCCC5)cc4)c(C#N)ccc32)c1-c1cccc[n+]1C. The van der Waals surface area contributed by atoms with Crippen LogP contribution in [0.1, 0.15) is 80.4 Å². The Labute approximate surface area is 243 Å². The van der Waals surface area contributed by atoms with Gasteiger partial charge in [-0.15, -0.1) is 0 Å². The normalized spacial score (nSPS) is 19.9. The average Bonchev–Trinajstić information content (AvgIpc) is 3.40. The lowest BCUT2D eigenvalue weighted by Crippen LogP contribution is -2.30. The van der Waals surface area contributed by atoms with Gasteiger partial charge in [-0.25, -0.2) is 4.57 Å². The zero-order chi connectivity index (χ0) is 27.9. The van der Waals surface area contributed by atoms with Crippen molar-refractivity contribution < 1.29 is 8.98 Å². The van der Waals surface area contributed by atoms with Crippen LogP contribution in [0.25, 0.3) is 44.3 Å². The number of furan rings is 1. The van der Waals surface area contributed by atoms with Crippen molar-refractivity contribution >= 4 is 21.9 Å². The number of hydrogen-bond donors (Lipinski definition) is 0. The van der Waals surface area contributed by atoms with Gasteiger partial charge in [0.25, 0.3) is 0 Å². The molecule has 2 aliphatic rings. The van der Waals surface area contributed by atoms with E-state index in [1.54, 1.807) is 0 Å². The van der Waals surface area contributed by atoms with Crippen LogP contribution >= 0.6 is 0 Å². The molecule has 0 radical (unpaired) electrons. The molecule has 2 unspecified atom stereocenters. The summed E-state index contributed by atoms with van der Waals surface area (Å²) < 4.78 is 8.92. The maximum Gasteiger partial charge on any atom is 0.216 e. The predicted octanol–water partition coefficient (Wildman–Crippen LogP) is 9.78. The minimum absolute atomic E-state index is 0.658. The van der Waals surface area contributed by atoms with E-state index in [2.05, 4.69) is 85.4 Å². The van der Waals surface area contributed by atoms with E-state index >= 15 is 0 Å². The lowest BCUT2D eigenvalue weighted by molar-refractivity contribution is -0.660. The largest absolute Gasteiger partial charge is 0.454 e. The van der Waals surface area contributed by atoms with Crippen molar-refractivity contribution in [2.24, 2.45) is 18.9 Å². The molecule has 2 aromatic heterocycles. The van der Waals surface area contributed by atoms with Crippen LogP contribution in [0.5, 0.6) is 0 Å². The lowest BCUT2D eigenvalue weighted by atomic mass is 9.66. The molecule has 2 aliphatic carbocycles. The Morgan fingerprint density at radius 2 is 1.46 bits per heavy atom. The minimum atomic E-state index is 0.658. The third-order valence-corrected chi connectivity index (χ3v) is 10.2. The summed E-state index contributed by atoms with van der Waals surface area (Å²) in [5.74, 6) is 2.38. The third kappa shape index (κ3) is 4.55. The van der Waals surface area contributed by atoms with Gasteiger partial charge in [0.05, 0.1) is 17.2 Å². The average molecular weight is 540 g/mol. The van der Waals surface area contributed by atoms with Gasteiger partial charge in [-0.05, 0) is 72.4 Å². The summed E-state index contributed by atoms with van der Waals surface area (Å²) in [6.07, 6.45) is 14.6.